The Balaban J connectivity index is 1.28. The molecule has 31 heavy (non-hydrogen) atoms. The summed E-state index contributed by atoms with van der Waals surface area (Å²) in [5.41, 5.74) is 0.524. The topological polar surface area (TPSA) is 86.3 Å². The number of amides is 2. The molecule has 158 valence electrons. The van der Waals surface area contributed by atoms with Crippen LogP contribution in [0.3, 0.4) is 0 Å². The maximum absolute atomic E-state index is 13.4. The quantitative estimate of drug-likeness (QED) is 0.765. The normalized spacial score (nSPS) is 29.4. The molecule has 0 aromatic heterocycles. The molecular weight excluding hydrogens is 400 g/mol. The zero-order valence-corrected chi connectivity index (χ0v) is 16.7. The number of nitrogens with zero attached hydrogens (tertiary/aromatic N) is 1. The first-order valence-electron chi connectivity index (χ1n) is 10.1. The maximum Gasteiger partial charge on any atom is 0.234 e. The summed E-state index contributed by atoms with van der Waals surface area (Å²) < 4.78 is 22.2. The van der Waals surface area contributed by atoms with Crippen LogP contribution >= 0.6 is 0 Å². The van der Waals surface area contributed by atoms with Crippen molar-refractivity contribution in [2.24, 2.45) is 11.8 Å². The Labute approximate surface area is 178 Å². The molecule has 6 rings (SSSR count). The summed E-state index contributed by atoms with van der Waals surface area (Å²) >= 11 is 0. The van der Waals surface area contributed by atoms with Crippen molar-refractivity contribution in [3.05, 3.63) is 54.6 Å². The fraction of sp³-hybridized carbons (Fsp3) is 0.304. The Morgan fingerprint density at radius 3 is 2.94 bits per heavy atom. The van der Waals surface area contributed by atoms with Gasteiger partial charge in [-0.25, -0.2) is 0 Å². The number of methoxy groups -OCH3 is 1. The molecule has 4 heterocycles. The summed E-state index contributed by atoms with van der Waals surface area (Å²) in [6.07, 6.45) is 3.41. The number of carbonyl (C=O) groups excluding carboxylic acids is 2. The van der Waals surface area contributed by atoms with Crippen LogP contribution in [-0.2, 0) is 14.3 Å². The Hall–Kier alpha value is -3.52. The van der Waals surface area contributed by atoms with Gasteiger partial charge >= 0.3 is 0 Å². The number of ether oxygens (including phenoxy) is 4. The Kier molecular flexibility index (Phi) is 3.82. The van der Waals surface area contributed by atoms with E-state index in [4.69, 9.17) is 18.9 Å². The SMILES string of the molecule is COc1cccc(N2C[C@@]34C=C[C@@H](O3)[C@H](C(=O)Nc3ccc5c(c3)OCO5)[C@@H]4C2=O)c1. The number of anilines is 2. The molecular formula is C23H20N2O6. The van der Waals surface area contributed by atoms with E-state index in [2.05, 4.69) is 5.32 Å². The van der Waals surface area contributed by atoms with E-state index in [0.717, 1.165) is 5.69 Å². The van der Waals surface area contributed by atoms with Crippen LogP contribution < -0.4 is 24.4 Å². The molecule has 2 aromatic rings. The van der Waals surface area contributed by atoms with Gasteiger partial charge in [-0.15, -0.1) is 0 Å². The number of benzene rings is 2. The van der Waals surface area contributed by atoms with Gasteiger partial charge in [0, 0.05) is 23.5 Å². The van der Waals surface area contributed by atoms with Crippen molar-refractivity contribution in [1.82, 2.24) is 0 Å². The van der Waals surface area contributed by atoms with Crippen LogP contribution in [0, 0.1) is 11.8 Å². The van der Waals surface area contributed by atoms with E-state index >= 15 is 0 Å². The molecule has 2 saturated heterocycles. The van der Waals surface area contributed by atoms with Gasteiger partial charge in [-0.2, -0.15) is 0 Å². The van der Waals surface area contributed by atoms with Crippen LogP contribution in [-0.4, -0.2) is 44.0 Å². The van der Waals surface area contributed by atoms with Gasteiger partial charge < -0.3 is 29.2 Å². The van der Waals surface area contributed by atoms with Crippen LogP contribution in [0.2, 0.25) is 0 Å². The fourth-order valence-corrected chi connectivity index (χ4v) is 4.99. The highest BCUT2D eigenvalue weighted by Gasteiger charge is 2.67. The molecule has 2 amide bonds. The lowest BCUT2D eigenvalue weighted by atomic mass is 9.77. The van der Waals surface area contributed by atoms with Crippen LogP contribution in [0.1, 0.15) is 0 Å². The number of carbonyl (C=O) groups is 2. The fourth-order valence-electron chi connectivity index (χ4n) is 4.99. The van der Waals surface area contributed by atoms with Gasteiger partial charge in [0.1, 0.15) is 11.4 Å². The van der Waals surface area contributed by atoms with E-state index in [1.807, 2.05) is 36.4 Å². The van der Waals surface area contributed by atoms with E-state index in [1.54, 1.807) is 30.2 Å². The molecule has 8 nitrogen and oxygen atoms in total. The first kappa shape index (κ1) is 18.3. The van der Waals surface area contributed by atoms with Gasteiger partial charge in [0.15, 0.2) is 11.5 Å². The van der Waals surface area contributed by atoms with Gasteiger partial charge in [0.05, 0.1) is 31.6 Å². The second-order valence-corrected chi connectivity index (χ2v) is 8.08. The summed E-state index contributed by atoms with van der Waals surface area (Å²) in [4.78, 5) is 28.4. The molecule has 8 heteroatoms. The second-order valence-electron chi connectivity index (χ2n) is 8.08. The van der Waals surface area contributed by atoms with E-state index in [1.165, 1.54) is 0 Å². The Morgan fingerprint density at radius 1 is 1.19 bits per heavy atom. The van der Waals surface area contributed by atoms with E-state index in [0.29, 0.717) is 29.5 Å². The molecule has 2 bridgehead atoms. The molecule has 0 unspecified atom stereocenters. The van der Waals surface area contributed by atoms with Gasteiger partial charge in [0.25, 0.3) is 0 Å². The Bertz CT molecular complexity index is 1130. The van der Waals surface area contributed by atoms with Crippen LogP contribution in [0.15, 0.2) is 54.6 Å². The number of fused-ring (bicyclic) bond motifs is 2. The molecule has 4 aliphatic heterocycles. The van der Waals surface area contributed by atoms with E-state index in [9.17, 15) is 9.59 Å². The molecule has 2 aromatic carbocycles. The molecule has 4 atom stereocenters. The third kappa shape index (κ3) is 2.64. The minimum absolute atomic E-state index is 0.120. The monoisotopic (exact) mass is 420 g/mol. The molecule has 2 fully saturated rings. The van der Waals surface area contributed by atoms with Gasteiger partial charge in [-0.05, 0) is 24.3 Å². The maximum atomic E-state index is 13.4. The summed E-state index contributed by atoms with van der Waals surface area (Å²) in [5, 5.41) is 2.92. The summed E-state index contributed by atoms with van der Waals surface area (Å²) in [7, 11) is 1.59. The first-order valence-corrected chi connectivity index (χ1v) is 10.1. The van der Waals surface area contributed by atoms with Crippen LogP contribution in [0.4, 0.5) is 11.4 Å². The summed E-state index contributed by atoms with van der Waals surface area (Å²) in [6.45, 7) is 0.528. The van der Waals surface area contributed by atoms with Crippen molar-refractivity contribution >= 4 is 23.2 Å². The summed E-state index contributed by atoms with van der Waals surface area (Å²) in [5.74, 6) is 0.327. The molecule has 0 aliphatic carbocycles. The highest BCUT2D eigenvalue weighted by atomic mass is 16.7. The van der Waals surface area contributed by atoms with E-state index < -0.39 is 23.5 Å². The number of nitrogens with one attached hydrogen (secondary N) is 1. The predicted octanol–water partition coefficient (Wildman–Crippen LogP) is 2.35. The Morgan fingerprint density at radius 2 is 2.06 bits per heavy atom. The highest BCUT2D eigenvalue weighted by molar-refractivity contribution is 6.05. The highest BCUT2D eigenvalue weighted by Crippen LogP contribution is 2.53. The minimum Gasteiger partial charge on any atom is -0.497 e. The van der Waals surface area contributed by atoms with Crippen molar-refractivity contribution in [3.8, 4) is 17.2 Å². The standard InChI is InChI=1S/C23H20N2O6/c1-28-15-4-2-3-14(10-15)25-11-23-8-7-17(31-23)19(20(23)22(25)27)21(26)24-13-5-6-16-18(9-13)30-12-29-16/h2-10,17,19-20H,11-12H2,1H3,(H,24,26)/t17-,19+,20-,23-/m1/s1. The lowest BCUT2D eigenvalue weighted by Gasteiger charge is -2.23. The van der Waals surface area contributed by atoms with Crippen molar-refractivity contribution in [1.29, 1.82) is 0 Å². The lowest BCUT2D eigenvalue weighted by Crippen LogP contribution is -2.41. The third-order valence-corrected chi connectivity index (χ3v) is 6.41. The zero-order chi connectivity index (χ0) is 21.2. The zero-order valence-electron chi connectivity index (χ0n) is 16.7. The molecule has 4 aliphatic rings. The molecule has 0 radical (unpaired) electrons. The van der Waals surface area contributed by atoms with Crippen LogP contribution in [0.5, 0.6) is 17.2 Å². The largest absolute Gasteiger partial charge is 0.497 e. The average molecular weight is 420 g/mol. The number of rotatable bonds is 4. The average Bonchev–Trinajstić information content (AvgIpc) is 3.54. The van der Waals surface area contributed by atoms with Crippen molar-refractivity contribution in [2.45, 2.75) is 11.7 Å². The van der Waals surface area contributed by atoms with Gasteiger partial charge in [-0.3, -0.25) is 9.59 Å². The predicted molar refractivity (Wildman–Crippen MR) is 110 cm³/mol. The number of hydrogen-bond donors (Lipinski definition) is 1. The first-order chi connectivity index (χ1) is 15.1. The van der Waals surface area contributed by atoms with Crippen molar-refractivity contribution in [3.63, 3.8) is 0 Å². The van der Waals surface area contributed by atoms with E-state index in [-0.39, 0.29) is 18.6 Å². The minimum atomic E-state index is -0.790. The van der Waals surface area contributed by atoms with Crippen molar-refractivity contribution in [2.75, 3.05) is 30.7 Å². The second kappa shape index (κ2) is 6.49. The van der Waals surface area contributed by atoms with Gasteiger partial charge in [-0.1, -0.05) is 18.2 Å². The molecule has 0 saturated carbocycles. The molecule has 1 N–H and O–H groups in total. The van der Waals surface area contributed by atoms with Crippen LogP contribution in [0.25, 0.3) is 0 Å². The summed E-state index contributed by atoms with van der Waals surface area (Å²) in [6, 6.07) is 12.6. The molecule has 1 spiro atoms. The number of hydrogen-bond acceptors (Lipinski definition) is 6. The van der Waals surface area contributed by atoms with Gasteiger partial charge in [0.2, 0.25) is 18.6 Å². The lowest BCUT2D eigenvalue weighted by molar-refractivity contribution is -0.128. The third-order valence-electron chi connectivity index (χ3n) is 6.41. The van der Waals surface area contributed by atoms with Crippen molar-refractivity contribution < 1.29 is 28.5 Å². The smallest absolute Gasteiger partial charge is 0.234 e.